The summed E-state index contributed by atoms with van der Waals surface area (Å²) in [6, 6.07) is 9.40. The van der Waals surface area contributed by atoms with Crippen LogP contribution in [0.5, 0.6) is 11.5 Å². The van der Waals surface area contributed by atoms with Crippen LogP contribution in [0.1, 0.15) is 41.4 Å². The van der Waals surface area contributed by atoms with Gasteiger partial charge in [0.25, 0.3) is 5.91 Å². The zero-order chi connectivity index (χ0) is 19.6. The van der Waals surface area contributed by atoms with Crippen molar-refractivity contribution >= 4 is 5.91 Å². The predicted octanol–water partition coefficient (Wildman–Crippen LogP) is 4.60. The van der Waals surface area contributed by atoms with Gasteiger partial charge in [0, 0.05) is 5.56 Å². The van der Waals surface area contributed by atoms with Gasteiger partial charge in [-0.1, -0.05) is 26.0 Å². The second-order valence-corrected chi connectivity index (χ2v) is 6.68. The molecule has 3 rings (SSSR count). The third-order valence-electron chi connectivity index (χ3n) is 4.33. The minimum atomic E-state index is -4.50. The molecule has 1 aliphatic heterocycles. The largest absolute Gasteiger partial charge is 0.486 e. The molecule has 0 radical (unpaired) electrons. The first-order valence-corrected chi connectivity index (χ1v) is 8.63. The van der Waals surface area contributed by atoms with Gasteiger partial charge in [-0.2, -0.15) is 13.2 Å². The van der Waals surface area contributed by atoms with Gasteiger partial charge in [0.15, 0.2) is 11.5 Å². The number of rotatable bonds is 4. The summed E-state index contributed by atoms with van der Waals surface area (Å²) in [4.78, 5) is 12.6. The maximum atomic E-state index is 12.9. The molecular weight excluding hydrogens is 359 g/mol. The highest BCUT2D eigenvalue weighted by Crippen LogP contribution is 2.35. The second-order valence-electron chi connectivity index (χ2n) is 6.68. The standard InChI is InChI=1S/C20H20F3NO3/c1-12(2)18(13-6-7-16-17(11-13)27-9-8-26-16)24-19(25)14-4-3-5-15(10-14)20(21,22)23/h3-7,10-12,18H,8-9H2,1-2H3,(H,24,25)/t18-/m1/s1. The van der Waals surface area contributed by atoms with Gasteiger partial charge in [-0.3, -0.25) is 4.79 Å². The van der Waals surface area contributed by atoms with Gasteiger partial charge in [-0.05, 0) is 41.8 Å². The van der Waals surface area contributed by atoms with E-state index in [4.69, 9.17) is 9.47 Å². The summed E-state index contributed by atoms with van der Waals surface area (Å²) < 4.78 is 49.7. The van der Waals surface area contributed by atoms with Gasteiger partial charge >= 0.3 is 6.18 Å². The highest BCUT2D eigenvalue weighted by Gasteiger charge is 2.31. The summed E-state index contributed by atoms with van der Waals surface area (Å²) in [7, 11) is 0. The van der Waals surface area contributed by atoms with Crippen LogP contribution in [0.15, 0.2) is 42.5 Å². The van der Waals surface area contributed by atoms with Gasteiger partial charge in [-0.15, -0.1) is 0 Å². The Morgan fingerprint density at radius 1 is 1.04 bits per heavy atom. The summed E-state index contributed by atoms with van der Waals surface area (Å²) in [5.41, 5.74) is -0.0850. The quantitative estimate of drug-likeness (QED) is 0.844. The Labute approximate surface area is 155 Å². The summed E-state index contributed by atoms with van der Waals surface area (Å²) in [6.07, 6.45) is -4.50. The summed E-state index contributed by atoms with van der Waals surface area (Å²) >= 11 is 0. The first-order valence-electron chi connectivity index (χ1n) is 8.63. The first kappa shape index (κ1) is 19.1. The van der Waals surface area contributed by atoms with Crippen LogP contribution in [-0.4, -0.2) is 19.1 Å². The average Bonchev–Trinajstić information content (AvgIpc) is 2.64. The third kappa shape index (κ3) is 4.35. The maximum absolute atomic E-state index is 12.9. The molecule has 0 unspecified atom stereocenters. The van der Waals surface area contributed by atoms with Crippen molar-refractivity contribution in [2.75, 3.05) is 13.2 Å². The van der Waals surface area contributed by atoms with Crippen molar-refractivity contribution in [2.24, 2.45) is 5.92 Å². The van der Waals surface area contributed by atoms with Crippen LogP contribution >= 0.6 is 0 Å². The van der Waals surface area contributed by atoms with Crippen molar-refractivity contribution in [2.45, 2.75) is 26.1 Å². The minimum Gasteiger partial charge on any atom is -0.486 e. The number of carbonyl (C=O) groups is 1. The van der Waals surface area contributed by atoms with E-state index in [-0.39, 0.29) is 17.5 Å². The van der Waals surface area contributed by atoms with E-state index in [9.17, 15) is 18.0 Å². The summed E-state index contributed by atoms with van der Waals surface area (Å²) in [6.45, 7) is 4.77. The fourth-order valence-corrected chi connectivity index (χ4v) is 2.95. The van der Waals surface area contributed by atoms with Gasteiger partial charge < -0.3 is 14.8 Å². The molecule has 0 fully saturated rings. The van der Waals surface area contributed by atoms with Crippen LogP contribution in [0, 0.1) is 5.92 Å². The van der Waals surface area contributed by atoms with Crippen LogP contribution in [0.3, 0.4) is 0 Å². The lowest BCUT2D eigenvalue weighted by Crippen LogP contribution is -2.32. The molecule has 1 N–H and O–H groups in total. The van der Waals surface area contributed by atoms with Crippen LogP contribution in [0.25, 0.3) is 0 Å². The molecule has 2 aromatic rings. The molecular formula is C20H20F3NO3. The summed E-state index contributed by atoms with van der Waals surface area (Å²) in [5.74, 6) is 0.687. The number of benzene rings is 2. The number of hydrogen-bond donors (Lipinski definition) is 1. The van der Waals surface area contributed by atoms with Crippen LogP contribution in [0.4, 0.5) is 13.2 Å². The van der Waals surface area contributed by atoms with Gasteiger partial charge in [-0.25, -0.2) is 0 Å². The molecule has 1 amide bonds. The topological polar surface area (TPSA) is 47.6 Å². The van der Waals surface area contributed by atoms with Crippen LogP contribution in [-0.2, 0) is 6.18 Å². The van der Waals surface area contributed by atoms with E-state index in [1.54, 1.807) is 12.1 Å². The lowest BCUT2D eigenvalue weighted by Gasteiger charge is -2.25. The highest BCUT2D eigenvalue weighted by molar-refractivity contribution is 5.94. The Morgan fingerprint density at radius 2 is 1.74 bits per heavy atom. The van der Waals surface area contributed by atoms with Crippen molar-refractivity contribution in [3.8, 4) is 11.5 Å². The highest BCUT2D eigenvalue weighted by atomic mass is 19.4. The number of nitrogens with one attached hydrogen (secondary N) is 1. The van der Waals surface area contributed by atoms with E-state index in [1.165, 1.54) is 12.1 Å². The Hall–Kier alpha value is -2.70. The first-order chi connectivity index (χ1) is 12.8. The van der Waals surface area contributed by atoms with Gasteiger partial charge in [0.05, 0.1) is 11.6 Å². The summed E-state index contributed by atoms with van der Waals surface area (Å²) in [5, 5.41) is 2.83. The minimum absolute atomic E-state index is 0.0160. The predicted molar refractivity (Wildman–Crippen MR) is 93.9 cm³/mol. The van der Waals surface area contributed by atoms with Crippen molar-refractivity contribution in [1.82, 2.24) is 5.32 Å². The van der Waals surface area contributed by atoms with E-state index in [1.807, 2.05) is 19.9 Å². The number of alkyl halides is 3. The monoisotopic (exact) mass is 379 g/mol. The molecule has 0 saturated heterocycles. The van der Waals surface area contributed by atoms with Crippen LogP contribution < -0.4 is 14.8 Å². The van der Waals surface area contributed by atoms with Crippen LogP contribution in [0.2, 0.25) is 0 Å². The number of halogens is 3. The van der Waals surface area contributed by atoms with E-state index in [0.29, 0.717) is 24.7 Å². The molecule has 0 aromatic heterocycles. The van der Waals surface area contributed by atoms with E-state index in [0.717, 1.165) is 17.7 Å². The number of carbonyl (C=O) groups excluding carboxylic acids is 1. The average molecular weight is 379 g/mol. The molecule has 1 aliphatic rings. The Balaban J connectivity index is 1.84. The molecule has 1 heterocycles. The van der Waals surface area contributed by atoms with Gasteiger partial charge in [0.1, 0.15) is 13.2 Å². The number of amides is 1. The number of fused-ring (bicyclic) bond motifs is 1. The van der Waals surface area contributed by atoms with E-state index < -0.39 is 17.6 Å². The van der Waals surface area contributed by atoms with E-state index >= 15 is 0 Å². The molecule has 0 saturated carbocycles. The lowest BCUT2D eigenvalue weighted by molar-refractivity contribution is -0.137. The van der Waals surface area contributed by atoms with Crippen molar-refractivity contribution in [3.63, 3.8) is 0 Å². The number of ether oxygens (including phenoxy) is 2. The zero-order valence-electron chi connectivity index (χ0n) is 15.0. The molecule has 2 aromatic carbocycles. The smallest absolute Gasteiger partial charge is 0.416 e. The fraction of sp³-hybridized carbons (Fsp3) is 0.350. The Morgan fingerprint density at radius 3 is 2.41 bits per heavy atom. The molecule has 144 valence electrons. The molecule has 0 bridgehead atoms. The molecule has 4 nitrogen and oxygen atoms in total. The normalized spacial score (nSPS) is 14.7. The third-order valence-corrected chi connectivity index (χ3v) is 4.33. The van der Waals surface area contributed by atoms with E-state index in [2.05, 4.69) is 5.32 Å². The fourth-order valence-electron chi connectivity index (χ4n) is 2.95. The Bertz CT molecular complexity index is 833. The maximum Gasteiger partial charge on any atom is 0.416 e. The van der Waals surface area contributed by atoms with Crippen molar-refractivity contribution in [1.29, 1.82) is 0 Å². The molecule has 1 atom stereocenters. The molecule has 27 heavy (non-hydrogen) atoms. The molecule has 0 aliphatic carbocycles. The Kier molecular flexibility index (Phi) is 5.30. The number of hydrogen-bond acceptors (Lipinski definition) is 3. The molecule has 0 spiro atoms. The SMILES string of the molecule is CC(C)[C@@H](NC(=O)c1cccc(C(F)(F)F)c1)c1ccc2c(c1)OCCO2. The zero-order valence-corrected chi connectivity index (χ0v) is 15.0. The van der Waals surface area contributed by atoms with Gasteiger partial charge in [0.2, 0.25) is 0 Å². The van der Waals surface area contributed by atoms with Crippen molar-refractivity contribution < 1.29 is 27.4 Å². The second kappa shape index (κ2) is 7.50. The van der Waals surface area contributed by atoms with Crippen molar-refractivity contribution in [3.05, 3.63) is 59.2 Å². The molecule has 7 heteroatoms. The lowest BCUT2D eigenvalue weighted by atomic mass is 9.95.